The molecule has 3 nitrogen and oxygen atoms in total. The van der Waals surface area contributed by atoms with Gasteiger partial charge < -0.3 is 4.74 Å². The van der Waals surface area contributed by atoms with Gasteiger partial charge in [-0.1, -0.05) is 37.9 Å². The Morgan fingerprint density at radius 1 is 1.10 bits per heavy atom. The lowest BCUT2D eigenvalue weighted by molar-refractivity contribution is 0.478. The molecule has 0 atom stereocenters. The van der Waals surface area contributed by atoms with E-state index in [9.17, 15) is 8.42 Å². The predicted octanol–water partition coefficient (Wildman–Crippen LogP) is 4.54. The van der Waals surface area contributed by atoms with E-state index in [0.29, 0.717) is 11.1 Å². The fourth-order valence-electron chi connectivity index (χ4n) is 1.62. The van der Waals surface area contributed by atoms with Gasteiger partial charge in [-0.3, -0.25) is 0 Å². The first-order valence-corrected chi connectivity index (χ1v) is 9.53. The van der Waals surface area contributed by atoms with Crippen LogP contribution < -0.4 is 4.74 Å². The maximum Gasteiger partial charge on any atom is 0.175 e. The third-order valence-electron chi connectivity index (χ3n) is 2.65. The summed E-state index contributed by atoms with van der Waals surface area (Å²) in [7, 11) is -3.18. The fraction of sp³-hybridized carbons (Fsp3) is 0.143. The second-order valence-corrected chi connectivity index (χ2v) is 7.72. The molecule has 6 heteroatoms. The van der Waals surface area contributed by atoms with Crippen LogP contribution in [-0.2, 0) is 15.2 Å². The van der Waals surface area contributed by atoms with Crippen molar-refractivity contribution in [3.05, 3.63) is 52.5 Å². The van der Waals surface area contributed by atoms with Crippen molar-refractivity contribution in [2.24, 2.45) is 0 Å². The summed E-state index contributed by atoms with van der Waals surface area (Å²) in [5.74, 6) is 1.32. The minimum absolute atomic E-state index is 0.278. The molecule has 0 aromatic heterocycles. The highest BCUT2D eigenvalue weighted by Crippen LogP contribution is 2.30. The molecule has 0 bridgehead atoms. The van der Waals surface area contributed by atoms with Gasteiger partial charge in [-0.2, -0.15) is 0 Å². The molecule has 0 saturated carbocycles. The summed E-state index contributed by atoms with van der Waals surface area (Å²) >= 11 is 6.81. The van der Waals surface area contributed by atoms with Crippen LogP contribution in [0.1, 0.15) is 5.56 Å². The van der Waals surface area contributed by atoms with Gasteiger partial charge in [0.15, 0.2) is 9.84 Å². The van der Waals surface area contributed by atoms with Crippen LogP contribution in [0, 0.1) is 0 Å². The van der Waals surface area contributed by atoms with E-state index in [1.54, 1.807) is 12.1 Å². The molecule has 0 amide bonds. The van der Waals surface area contributed by atoms with E-state index in [0.717, 1.165) is 15.8 Å². The minimum Gasteiger partial charge on any atom is -0.457 e. The van der Waals surface area contributed by atoms with Crippen LogP contribution in [0.3, 0.4) is 0 Å². The van der Waals surface area contributed by atoms with Crippen LogP contribution in [0.15, 0.2) is 51.8 Å². The lowest BCUT2D eigenvalue weighted by Crippen LogP contribution is -1.96. The standard InChI is InChI=1S/C14H12Br2O3S/c1-20(17,18)13-6-4-12(5-7-13)19-14-8-11(16)3-2-10(14)9-15/h2-8H,9H2,1H3. The van der Waals surface area contributed by atoms with E-state index < -0.39 is 9.84 Å². The number of hydrogen-bond acceptors (Lipinski definition) is 3. The lowest BCUT2D eigenvalue weighted by atomic mass is 10.2. The highest BCUT2D eigenvalue weighted by Gasteiger charge is 2.08. The van der Waals surface area contributed by atoms with Crippen molar-refractivity contribution >= 4 is 41.7 Å². The largest absolute Gasteiger partial charge is 0.457 e. The molecule has 0 spiro atoms. The van der Waals surface area contributed by atoms with Crippen LogP contribution in [0.4, 0.5) is 0 Å². The monoisotopic (exact) mass is 418 g/mol. The second kappa shape index (κ2) is 6.28. The molecule has 2 aromatic rings. The topological polar surface area (TPSA) is 43.4 Å². The van der Waals surface area contributed by atoms with E-state index in [-0.39, 0.29) is 4.90 Å². The molecule has 2 aromatic carbocycles. The molecule has 106 valence electrons. The average molecular weight is 420 g/mol. The van der Waals surface area contributed by atoms with Crippen molar-refractivity contribution in [1.82, 2.24) is 0 Å². The zero-order valence-electron chi connectivity index (χ0n) is 10.6. The first kappa shape index (κ1) is 15.5. The van der Waals surface area contributed by atoms with Gasteiger partial charge >= 0.3 is 0 Å². The third kappa shape index (κ3) is 3.84. The molecule has 0 aliphatic heterocycles. The minimum atomic E-state index is -3.18. The third-order valence-corrected chi connectivity index (χ3v) is 4.88. The van der Waals surface area contributed by atoms with Crippen molar-refractivity contribution in [2.75, 3.05) is 6.26 Å². The molecular weight excluding hydrogens is 408 g/mol. The zero-order valence-corrected chi connectivity index (χ0v) is 14.6. The predicted molar refractivity (Wildman–Crippen MR) is 86.4 cm³/mol. The maximum absolute atomic E-state index is 11.4. The number of hydrogen-bond donors (Lipinski definition) is 0. The van der Waals surface area contributed by atoms with Crippen molar-refractivity contribution in [3.8, 4) is 11.5 Å². The Labute approximate surface area is 135 Å². The van der Waals surface area contributed by atoms with Gasteiger partial charge in [0.1, 0.15) is 11.5 Å². The molecule has 0 heterocycles. The molecule has 20 heavy (non-hydrogen) atoms. The van der Waals surface area contributed by atoms with Gasteiger partial charge in [0.05, 0.1) is 4.90 Å². The first-order valence-electron chi connectivity index (χ1n) is 5.72. The van der Waals surface area contributed by atoms with Gasteiger partial charge in [-0.05, 0) is 36.4 Å². The summed E-state index contributed by atoms with van der Waals surface area (Å²) in [6.07, 6.45) is 1.18. The smallest absolute Gasteiger partial charge is 0.175 e. The maximum atomic E-state index is 11.4. The van der Waals surface area contributed by atoms with Crippen molar-refractivity contribution in [1.29, 1.82) is 0 Å². The van der Waals surface area contributed by atoms with Crippen LogP contribution >= 0.6 is 31.9 Å². The van der Waals surface area contributed by atoms with Gasteiger partial charge in [0.2, 0.25) is 0 Å². The molecule has 0 aliphatic carbocycles. The Balaban J connectivity index is 2.29. The number of ether oxygens (including phenoxy) is 1. The second-order valence-electron chi connectivity index (χ2n) is 4.23. The molecule has 0 fully saturated rings. The fourth-order valence-corrected chi connectivity index (χ4v) is 3.05. The average Bonchev–Trinajstić information content (AvgIpc) is 2.38. The van der Waals surface area contributed by atoms with E-state index >= 15 is 0 Å². The quantitative estimate of drug-likeness (QED) is 0.683. The highest BCUT2D eigenvalue weighted by atomic mass is 79.9. The van der Waals surface area contributed by atoms with Crippen molar-refractivity contribution < 1.29 is 13.2 Å². The summed E-state index contributed by atoms with van der Waals surface area (Å²) in [4.78, 5) is 0.278. The summed E-state index contributed by atoms with van der Waals surface area (Å²) in [5.41, 5.74) is 1.01. The molecule has 0 radical (unpaired) electrons. The van der Waals surface area contributed by atoms with Crippen LogP contribution in [0.2, 0.25) is 0 Å². The molecule has 2 rings (SSSR count). The van der Waals surface area contributed by atoms with E-state index in [1.165, 1.54) is 18.4 Å². The number of benzene rings is 2. The zero-order chi connectivity index (χ0) is 14.8. The van der Waals surface area contributed by atoms with Crippen molar-refractivity contribution in [2.45, 2.75) is 10.2 Å². The Morgan fingerprint density at radius 2 is 1.75 bits per heavy atom. The van der Waals surface area contributed by atoms with Gasteiger partial charge in [0, 0.05) is 21.6 Å². The number of rotatable bonds is 4. The Hall–Kier alpha value is -0.850. The molecule has 0 aliphatic rings. The van der Waals surface area contributed by atoms with Gasteiger partial charge in [-0.25, -0.2) is 8.42 Å². The Kier molecular flexibility index (Phi) is 4.88. The highest BCUT2D eigenvalue weighted by molar-refractivity contribution is 9.10. The van der Waals surface area contributed by atoms with E-state index in [2.05, 4.69) is 31.9 Å². The molecular formula is C14H12Br2O3S. The number of halogens is 2. The first-order chi connectivity index (χ1) is 9.40. The number of alkyl halides is 1. The van der Waals surface area contributed by atoms with E-state index in [4.69, 9.17) is 4.74 Å². The van der Waals surface area contributed by atoms with E-state index in [1.807, 2.05) is 18.2 Å². The van der Waals surface area contributed by atoms with Crippen LogP contribution in [0.25, 0.3) is 0 Å². The molecule has 0 unspecified atom stereocenters. The number of sulfone groups is 1. The van der Waals surface area contributed by atoms with Crippen LogP contribution in [-0.4, -0.2) is 14.7 Å². The molecule has 0 saturated heterocycles. The summed E-state index contributed by atoms with van der Waals surface area (Å²) < 4.78 is 29.5. The Morgan fingerprint density at radius 3 is 2.30 bits per heavy atom. The lowest BCUT2D eigenvalue weighted by Gasteiger charge is -2.10. The molecule has 0 N–H and O–H groups in total. The summed E-state index contributed by atoms with van der Waals surface area (Å²) in [6.45, 7) is 0. The SMILES string of the molecule is CS(=O)(=O)c1ccc(Oc2cc(Br)ccc2CBr)cc1. The summed E-state index contributed by atoms with van der Waals surface area (Å²) in [5, 5.41) is 0.678. The summed E-state index contributed by atoms with van der Waals surface area (Å²) in [6, 6.07) is 12.1. The normalized spacial score (nSPS) is 11.3. The Bertz CT molecular complexity index is 710. The van der Waals surface area contributed by atoms with Gasteiger partial charge in [0.25, 0.3) is 0 Å². The van der Waals surface area contributed by atoms with Crippen LogP contribution in [0.5, 0.6) is 11.5 Å². The van der Waals surface area contributed by atoms with Gasteiger partial charge in [-0.15, -0.1) is 0 Å². The van der Waals surface area contributed by atoms with Crippen molar-refractivity contribution in [3.63, 3.8) is 0 Å².